The second kappa shape index (κ2) is 5.89. The van der Waals surface area contributed by atoms with Crippen LogP contribution in [0, 0.1) is 0 Å². The third-order valence-corrected chi connectivity index (χ3v) is 8.32. The van der Waals surface area contributed by atoms with E-state index < -0.39 is 32.3 Å². The van der Waals surface area contributed by atoms with Gasteiger partial charge in [0.2, 0.25) is 0 Å². The fraction of sp³-hybridized carbons (Fsp3) is 0.500. The van der Waals surface area contributed by atoms with Crippen molar-refractivity contribution in [3.63, 3.8) is 0 Å². The van der Waals surface area contributed by atoms with Crippen LogP contribution < -0.4 is 5.19 Å². The van der Waals surface area contributed by atoms with Gasteiger partial charge in [0.1, 0.15) is 12.1 Å². The van der Waals surface area contributed by atoms with Crippen LogP contribution in [0.25, 0.3) is 10.4 Å². The maximum absolute atomic E-state index is 12.0. The van der Waals surface area contributed by atoms with Crippen molar-refractivity contribution in [1.82, 2.24) is 0 Å². The van der Waals surface area contributed by atoms with Gasteiger partial charge in [-0.05, 0) is 12.5 Å². The van der Waals surface area contributed by atoms with Crippen molar-refractivity contribution in [3.8, 4) is 0 Å². The van der Waals surface area contributed by atoms with Gasteiger partial charge >= 0.3 is 5.97 Å². The van der Waals surface area contributed by atoms with E-state index in [0.717, 1.165) is 5.19 Å². The Hall–Kier alpha value is -1.82. The zero-order valence-corrected chi connectivity index (χ0v) is 13.3. The van der Waals surface area contributed by atoms with Gasteiger partial charge in [0, 0.05) is 10.5 Å². The van der Waals surface area contributed by atoms with Crippen LogP contribution in [0.4, 0.5) is 0 Å². The molecule has 1 aromatic rings. The second-order valence-electron chi connectivity index (χ2n) is 5.91. The summed E-state index contributed by atoms with van der Waals surface area (Å²) in [6, 6.07) is 8.99. The van der Waals surface area contributed by atoms with Crippen LogP contribution in [-0.4, -0.2) is 37.4 Å². The molecule has 112 valence electrons. The minimum atomic E-state index is -2.19. The van der Waals surface area contributed by atoms with Gasteiger partial charge < -0.3 is 9.84 Å². The summed E-state index contributed by atoms with van der Waals surface area (Å²) in [7, 11) is -2.19. The lowest BCUT2D eigenvalue weighted by atomic mass is 10.1. The molecule has 1 aliphatic heterocycles. The van der Waals surface area contributed by atoms with Crippen molar-refractivity contribution >= 4 is 19.2 Å². The number of ether oxygens (including phenoxy) is 1. The second-order valence-corrected chi connectivity index (χ2v) is 10.6. The lowest BCUT2D eigenvalue weighted by molar-refractivity contribution is -0.145. The number of nitrogens with zero attached hydrogens (tertiary/aromatic N) is 3. The lowest BCUT2D eigenvalue weighted by Crippen LogP contribution is -2.53. The highest BCUT2D eigenvalue weighted by Gasteiger charge is 2.54. The molecular formula is C14H19N3O3Si. The van der Waals surface area contributed by atoms with Crippen molar-refractivity contribution < 1.29 is 14.6 Å². The summed E-state index contributed by atoms with van der Waals surface area (Å²) < 4.78 is 5.29. The number of azide groups is 1. The molecule has 2 rings (SSSR count). The molecular weight excluding hydrogens is 286 g/mol. The first-order valence-electron chi connectivity index (χ1n) is 6.88. The summed E-state index contributed by atoms with van der Waals surface area (Å²) in [6.45, 7) is 5.80. The Morgan fingerprint density at radius 1 is 1.38 bits per heavy atom. The minimum absolute atomic E-state index is 0.289. The minimum Gasteiger partial charge on any atom is -0.459 e. The van der Waals surface area contributed by atoms with Gasteiger partial charge in [-0.1, -0.05) is 53.7 Å². The number of benzene rings is 1. The Labute approximate surface area is 124 Å². The molecule has 0 unspecified atom stereocenters. The highest BCUT2D eigenvalue weighted by molar-refractivity contribution is 6.91. The van der Waals surface area contributed by atoms with Gasteiger partial charge in [0.05, 0.1) is 14.2 Å². The molecule has 1 saturated heterocycles. The Kier molecular flexibility index (Phi) is 4.36. The summed E-state index contributed by atoms with van der Waals surface area (Å²) in [6.07, 6.45) is -1.43. The SMILES string of the molecule is C[C@@H](O)[C@@H]1OC(=O)[C@@H](N=[N+]=[N-])[C@@H]1[Si](C)(C)c1ccccc1. The van der Waals surface area contributed by atoms with E-state index in [2.05, 4.69) is 23.1 Å². The summed E-state index contributed by atoms with van der Waals surface area (Å²) in [5.74, 6) is -0.541. The van der Waals surface area contributed by atoms with Crippen molar-refractivity contribution in [1.29, 1.82) is 0 Å². The first-order chi connectivity index (χ1) is 9.89. The van der Waals surface area contributed by atoms with E-state index in [9.17, 15) is 9.90 Å². The number of cyclic esters (lactones) is 1. The van der Waals surface area contributed by atoms with Gasteiger partial charge in [-0.15, -0.1) is 0 Å². The first-order valence-corrected chi connectivity index (χ1v) is 9.95. The fourth-order valence-electron chi connectivity index (χ4n) is 3.04. The van der Waals surface area contributed by atoms with Crippen molar-refractivity contribution in [2.24, 2.45) is 5.11 Å². The summed E-state index contributed by atoms with van der Waals surface area (Å²) in [5, 5.41) is 14.7. The number of aliphatic hydroxyl groups is 1. The highest BCUT2D eigenvalue weighted by atomic mass is 28.3. The quantitative estimate of drug-likeness (QED) is 0.303. The normalized spacial score (nSPS) is 26.9. The number of carbonyl (C=O) groups excluding carboxylic acids is 1. The number of rotatable bonds is 4. The number of aliphatic hydroxyl groups excluding tert-OH is 1. The van der Waals surface area contributed by atoms with E-state index in [1.54, 1.807) is 6.92 Å². The molecule has 0 aliphatic carbocycles. The predicted molar refractivity (Wildman–Crippen MR) is 81.8 cm³/mol. The van der Waals surface area contributed by atoms with Gasteiger partial charge in [0.25, 0.3) is 0 Å². The zero-order valence-electron chi connectivity index (χ0n) is 12.3. The molecule has 21 heavy (non-hydrogen) atoms. The van der Waals surface area contributed by atoms with Gasteiger partial charge in [0.15, 0.2) is 0 Å². The van der Waals surface area contributed by atoms with Crippen LogP contribution in [0.2, 0.25) is 18.6 Å². The molecule has 1 aromatic carbocycles. The Bertz CT molecular complexity index is 570. The molecule has 1 heterocycles. The molecule has 7 heteroatoms. The van der Waals surface area contributed by atoms with Crippen molar-refractivity contribution in [2.75, 3.05) is 0 Å². The molecule has 0 spiro atoms. The van der Waals surface area contributed by atoms with Gasteiger partial charge in [-0.2, -0.15) is 0 Å². The highest BCUT2D eigenvalue weighted by Crippen LogP contribution is 2.40. The Morgan fingerprint density at radius 2 is 2.00 bits per heavy atom. The van der Waals surface area contributed by atoms with Gasteiger partial charge in [-0.3, -0.25) is 4.79 Å². The summed E-state index contributed by atoms with van der Waals surface area (Å²) >= 11 is 0. The largest absolute Gasteiger partial charge is 0.459 e. The molecule has 6 nitrogen and oxygen atoms in total. The number of hydrogen-bond donors (Lipinski definition) is 1. The average Bonchev–Trinajstić information content (AvgIpc) is 2.78. The number of hydrogen-bond acceptors (Lipinski definition) is 4. The third-order valence-electron chi connectivity index (χ3n) is 4.19. The maximum atomic E-state index is 12.0. The molecule has 0 radical (unpaired) electrons. The maximum Gasteiger partial charge on any atom is 0.315 e. The molecule has 0 amide bonds. The van der Waals surface area contributed by atoms with E-state index in [1.807, 2.05) is 30.3 Å². The lowest BCUT2D eigenvalue weighted by Gasteiger charge is -2.35. The van der Waals surface area contributed by atoms with E-state index >= 15 is 0 Å². The van der Waals surface area contributed by atoms with Crippen molar-refractivity contribution in [3.05, 3.63) is 40.8 Å². The average molecular weight is 305 g/mol. The number of esters is 1. The van der Waals surface area contributed by atoms with Gasteiger partial charge in [-0.25, -0.2) is 0 Å². The molecule has 1 fully saturated rings. The van der Waals surface area contributed by atoms with E-state index in [4.69, 9.17) is 10.3 Å². The fourth-order valence-corrected chi connectivity index (χ4v) is 6.64. The molecule has 0 aromatic heterocycles. The Balaban J connectivity index is 2.49. The predicted octanol–water partition coefficient (Wildman–Crippen LogP) is 1.96. The number of carbonyl (C=O) groups is 1. The van der Waals surface area contributed by atoms with Crippen LogP contribution in [0.5, 0.6) is 0 Å². The Morgan fingerprint density at radius 3 is 2.52 bits per heavy atom. The monoisotopic (exact) mass is 305 g/mol. The third kappa shape index (κ3) is 2.81. The van der Waals surface area contributed by atoms with Crippen LogP contribution in [0.15, 0.2) is 35.4 Å². The van der Waals surface area contributed by atoms with E-state index in [0.29, 0.717) is 0 Å². The summed E-state index contributed by atoms with van der Waals surface area (Å²) in [4.78, 5) is 14.8. The molecule has 1 N–H and O–H groups in total. The molecule has 0 saturated carbocycles. The van der Waals surface area contributed by atoms with Crippen molar-refractivity contribution in [2.45, 2.75) is 43.8 Å². The topological polar surface area (TPSA) is 95.3 Å². The van der Waals surface area contributed by atoms with Crippen LogP contribution >= 0.6 is 0 Å². The van der Waals surface area contributed by atoms with Crippen LogP contribution in [-0.2, 0) is 9.53 Å². The van der Waals surface area contributed by atoms with E-state index in [-0.39, 0.29) is 5.54 Å². The molecule has 4 atom stereocenters. The smallest absolute Gasteiger partial charge is 0.315 e. The standard InChI is InChI=1S/C14H19N3O3Si/c1-9(18)12-13(11(16-17-15)14(19)20-12)21(2,3)10-7-5-4-6-8-10/h4-9,11-13,18H,1-3H3/t9-,11+,12+,13+/m1/s1. The molecule has 0 bridgehead atoms. The first kappa shape index (κ1) is 15.6. The summed E-state index contributed by atoms with van der Waals surface area (Å²) in [5.41, 5.74) is 8.44. The van der Waals surface area contributed by atoms with Crippen LogP contribution in [0.1, 0.15) is 6.92 Å². The zero-order chi connectivity index (χ0) is 15.6. The van der Waals surface area contributed by atoms with E-state index in [1.165, 1.54) is 0 Å². The molecule has 1 aliphatic rings. The van der Waals surface area contributed by atoms with Crippen LogP contribution in [0.3, 0.4) is 0 Å².